The van der Waals surface area contributed by atoms with Crippen molar-refractivity contribution in [3.05, 3.63) is 66.0 Å². The first-order chi connectivity index (χ1) is 10.8. The van der Waals surface area contributed by atoms with Crippen molar-refractivity contribution in [2.24, 2.45) is 0 Å². The van der Waals surface area contributed by atoms with Crippen LogP contribution in [-0.4, -0.2) is 14.8 Å². The Morgan fingerprint density at radius 3 is 2.45 bits per heavy atom. The molecule has 0 amide bonds. The molecule has 3 rings (SSSR count). The van der Waals surface area contributed by atoms with Gasteiger partial charge in [-0.3, -0.25) is 0 Å². The molecule has 0 bridgehead atoms. The van der Waals surface area contributed by atoms with Crippen LogP contribution in [0, 0.1) is 5.82 Å². The third kappa shape index (κ3) is 3.04. The Morgan fingerprint density at radius 2 is 1.73 bits per heavy atom. The van der Waals surface area contributed by atoms with Crippen LogP contribution < -0.4 is 0 Å². The molecule has 0 spiro atoms. The third-order valence-electron chi connectivity index (χ3n) is 3.38. The number of halogens is 1. The smallest absolute Gasteiger partial charge is 0.191 e. The van der Waals surface area contributed by atoms with Crippen molar-refractivity contribution >= 4 is 11.8 Å². The van der Waals surface area contributed by atoms with E-state index in [9.17, 15) is 4.39 Å². The molecule has 0 unspecified atom stereocenters. The fourth-order valence-electron chi connectivity index (χ4n) is 2.24. The van der Waals surface area contributed by atoms with Crippen LogP contribution in [-0.2, 0) is 12.3 Å². The van der Waals surface area contributed by atoms with Gasteiger partial charge in [0.05, 0.1) is 0 Å². The molecule has 0 radical (unpaired) electrons. The van der Waals surface area contributed by atoms with E-state index in [1.807, 2.05) is 36.4 Å². The summed E-state index contributed by atoms with van der Waals surface area (Å²) >= 11 is 1.50. The number of benzene rings is 2. The van der Waals surface area contributed by atoms with Gasteiger partial charge < -0.3 is 4.57 Å². The second-order valence-electron chi connectivity index (χ2n) is 4.80. The lowest BCUT2D eigenvalue weighted by Crippen LogP contribution is -2.00. The first-order valence-corrected chi connectivity index (χ1v) is 8.13. The lowest BCUT2D eigenvalue weighted by atomic mass is 10.2. The molecule has 22 heavy (non-hydrogen) atoms. The number of rotatable bonds is 5. The van der Waals surface area contributed by atoms with Gasteiger partial charge in [0.1, 0.15) is 5.82 Å². The number of thioether (sulfide) groups is 1. The van der Waals surface area contributed by atoms with E-state index >= 15 is 0 Å². The summed E-state index contributed by atoms with van der Waals surface area (Å²) in [6.45, 7) is 2.83. The Bertz CT molecular complexity index is 756. The lowest BCUT2D eigenvalue weighted by molar-refractivity contribution is 0.617. The minimum Gasteiger partial charge on any atom is -0.302 e. The minimum atomic E-state index is -0.180. The average Bonchev–Trinajstić information content (AvgIpc) is 2.98. The summed E-state index contributed by atoms with van der Waals surface area (Å²) in [4.78, 5) is 0. The zero-order valence-electron chi connectivity index (χ0n) is 12.2. The zero-order valence-corrected chi connectivity index (χ0v) is 13.1. The third-order valence-corrected chi connectivity index (χ3v) is 4.40. The van der Waals surface area contributed by atoms with Crippen LogP contribution in [0.1, 0.15) is 12.5 Å². The van der Waals surface area contributed by atoms with Crippen molar-refractivity contribution in [3.8, 4) is 11.4 Å². The molecule has 1 heterocycles. The fourth-order valence-corrected chi connectivity index (χ4v) is 3.23. The molecule has 1 aromatic heterocycles. The fraction of sp³-hybridized carbons (Fsp3) is 0.176. The molecule has 0 saturated heterocycles. The van der Waals surface area contributed by atoms with Crippen molar-refractivity contribution in [3.63, 3.8) is 0 Å². The second kappa shape index (κ2) is 6.75. The van der Waals surface area contributed by atoms with Crippen LogP contribution >= 0.6 is 11.8 Å². The summed E-state index contributed by atoms with van der Waals surface area (Å²) in [5.74, 6) is 1.21. The highest BCUT2D eigenvalue weighted by atomic mass is 32.2. The minimum absolute atomic E-state index is 0.180. The molecule has 5 heteroatoms. The van der Waals surface area contributed by atoms with Gasteiger partial charge in [-0.25, -0.2) is 4.39 Å². The largest absolute Gasteiger partial charge is 0.302 e. The molecule has 112 valence electrons. The highest BCUT2D eigenvalue weighted by Crippen LogP contribution is 2.26. The number of hydrogen-bond acceptors (Lipinski definition) is 3. The Morgan fingerprint density at radius 1 is 1.00 bits per heavy atom. The first-order valence-electron chi connectivity index (χ1n) is 7.14. The van der Waals surface area contributed by atoms with Crippen molar-refractivity contribution in [2.45, 2.75) is 24.4 Å². The summed E-state index contributed by atoms with van der Waals surface area (Å²) in [7, 11) is 0. The average molecular weight is 313 g/mol. The van der Waals surface area contributed by atoms with Gasteiger partial charge in [-0.2, -0.15) is 0 Å². The van der Waals surface area contributed by atoms with Gasteiger partial charge in [0.15, 0.2) is 11.0 Å². The van der Waals surface area contributed by atoms with Crippen LogP contribution in [0.5, 0.6) is 0 Å². The summed E-state index contributed by atoms with van der Waals surface area (Å²) in [6.07, 6.45) is 0. The van der Waals surface area contributed by atoms with Gasteiger partial charge in [0.25, 0.3) is 0 Å². The van der Waals surface area contributed by atoms with Crippen molar-refractivity contribution in [1.29, 1.82) is 0 Å². The monoisotopic (exact) mass is 313 g/mol. The van der Waals surface area contributed by atoms with Gasteiger partial charge in [-0.15, -0.1) is 10.2 Å². The molecule has 0 aliphatic rings. The predicted molar refractivity (Wildman–Crippen MR) is 87.1 cm³/mol. The van der Waals surface area contributed by atoms with Crippen LogP contribution in [0.25, 0.3) is 11.4 Å². The highest BCUT2D eigenvalue weighted by molar-refractivity contribution is 7.98. The van der Waals surface area contributed by atoms with Gasteiger partial charge >= 0.3 is 0 Å². The molecule has 0 saturated carbocycles. The van der Waals surface area contributed by atoms with Gasteiger partial charge in [0, 0.05) is 17.9 Å². The normalized spacial score (nSPS) is 10.8. The highest BCUT2D eigenvalue weighted by Gasteiger charge is 2.13. The van der Waals surface area contributed by atoms with E-state index in [1.54, 1.807) is 12.1 Å². The Hall–Kier alpha value is -2.14. The Kier molecular flexibility index (Phi) is 4.53. The predicted octanol–water partition coefficient (Wildman–Crippen LogP) is 4.40. The van der Waals surface area contributed by atoms with Gasteiger partial charge in [-0.05, 0) is 18.6 Å². The zero-order chi connectivity index (χ0) is 15.4. The molecular weight excluding hydrogens is 297 g/mol. The molecule has 0 fully saturated rings. The van der Waals surface area contributed by atoms with Gasteiger partial charge in [-0.1, -0.05) is 60.3 Å². The number of aromatic nitrogens is 3. The van der Waals surface area contributed by atoms with Gasteiger partial charge in [0.2, 0.25) is 0 Å². The molecule has 0 aliphatic carbocycles. The molecule has 3 nitrogen and oxygen atoms in total. The molecule has 2 aromatic carbocycles. The molecular formula is C17H16FN3S. The molecule has 0 aliphatic heterocycles. The summed E-state index contributed by atoms with van der Waals surface area (Å²) in [5, 5.41) is 9.36. The second-order valence-corrected chi connectivity index (χ2v) is 5.74. The van der Waals surface area contributed by atoms with E-state index in [1.165, 1.54) is 17.8 Å². The van der Waals surface area contributed by atoms with Crippen molar-refractivity contribution in [2.75, 3.05) is 0 Å². The van der Waals surface area contributed by atoms with E-state index in [0.717, 1.165) is 23.1 Å². The number of nitrogens with zero attached hydrogens (tertiary/aromatic N) is 3. The SMILES string of the molecule is CCn1c(SCc2ccccc2F)nnc1-c1ccccc1. The Balaban J connectivity index is 1.83. The molecule has 3 aromatic rings. The number of hydrogen-bond donors (Lipinski definition) is 0. The summed E-state index contributed by atoms with van der Waals surface area (Å²) in [6, 6.07) is 16.8. The molecule has 0 atom stereocenters. The quantitative estimate of drug-likeness (QED) is 0.654. The maximum Gasteiger partial charge on any atom is 0.191 e. The van der Waals surface area contributed by atoms with Crippen LogP contribution in [0.2, 0.25) is 0 Å². The standard InChI is InChI=1S/C17H16FN3S/c1-2-21-16(13-8-4-3-5-9-13)19-20-17(21)22-12-14-10-6-7-11-15(14)18/h3-11H,2,12H2,1H3. The van der Waals surface area contributed by atoms with Crippen LogP contribution in [0.3, 0.4) is 0 Å². The van der Waals surface area contributed by atoms with Crippen molar-refractivity contribution in [1.82, 2.24) is 14.8 Å². The lowest BCUT2D eigenvalue weighted by Gasteiger charge is -2.07. The van der Waals surface area contributed by atoms with E-state index in [-0.39, 0.29) is 5.82 Å². The summed E-state index contributed by atoms with van der Waals surface area (Å²) in [5.41, 5.74) is 1.72. The first kappa shape index (κ1) is 14.8. The molecule has 0 N–H and O–H groups in total. The van der Waals surface area contributed by atoms with Crippen molar-refractivity contribution < 1.29 is 4.39 Å². The topological polar surface area (TPSA) is 30.7 Å². The van der Waals surface area contributed by atoms with E-state index in [4.69, 9.17) is 0 Å². The van der Waals surface area contributed by atoms with E-state index in [0.29, 0.717) is 11.3 Å². The van der Waals surface area contributed by atoms with E-state index in [2.05, 4.69) is 21.7 Å². The van der Waals surface area contributed by atoms with Crippen LogP contribution in [0.15, 0.2) is 59.8 Å². The maximum absolute atomic E-state index is 13.7. The maximum atomic E-state index is 13.7. The van der Waals surface area contributed by atoms with E-state index < -0.39 is 0 Å². The Labute approximate surface area is 133 Å². The van der Waals surface area contributed by atoms with Crippen LogP contribution in [0.4, 0.5) is 4.39 Å². The summed E-state index contributed by atoms with van der Waals surface area (Å²) < 4.78 is 15.7.